The Kier molecular flexibility index (Phi) is 5.44. The lowest BCUT2D eigenvalue weighted by molar-refractivity contribution is -0.146. The van der Waals surface area contributed by atoms with Crippen LogP contribution in [0.5, 0.6) is 0 Å². The van der Waals surface area contributed by atoms with Crippen molar-refractivity contribution in [3.8, 4) is 0 Å². The fourth-order valence-electron chi connectivity index (χ4n) is 5.14. The first-order chi connectivity index (χ1) is 14.3. The summed E-state index contributed by atoms with van der Waals surface area (Å²) in [6.07, 6.45) is 2.22. The quantitative estimate of drug-likeness (QED) is 0.738. The Balaban J connectivity index is 1.60. The van der Waals surface area contributed by atoms with Gasteiger partial charge in [-0.3, -0.25) is 9.59 Å². The van der Waals surface area contributed by atoms with Gasteiger partial charge in [-0.05, 0) is 69.2 Å². The first-order valence-corrected chi connectivity index (χ1v) is 11.1. The molecule has 0 unspecified atom stereocenters. The molecule has 2 heterocycles. The average molecular weight is 405 g/mol. The van der Waals surface area contributed by atoms with Crippen LogP contribution < -0.4 is 0 Å². The fraction of sp³-hybridized carbons (Fsp3) is 0.462. The van der Waals surface area contributed by atoms with Gasteiger partial charge in [-0.25, -0.2) is 0 Å². The Labute approximate surface area is 179 Å². The fourth-order valence-corrected chi connectivity index (χ4v) is 5.14. The van der Waals surface area contributed by atoms with Gasteiger partial charge in [-0.1, -0.05) is 42.5 Å². The monoisotopic (exact) mass is 404 g/mol. The Hall–Kier alpha value is -2.62. The van der Waals surface area contributed by atoms with Crippen LogP contribution in [-0.2, 0) is 17.8 Å². The summed E-state index contributed by atoms with van der Waals surface area (Å²) < 4.78 is 0. The minimum absolute atomic E-state index is 0.0997. The molecule has 2 aliphatic rings. The third-order valence-corrected chi connectivity index (χ3v) is 7.03. The minimum atomic E-state index is -0.408. The average Bonchev–Trinajstić information content (AvgIpc) is 2.83. The van der Waals surface area contributed by atoms with Gasteiger partial charge < -0.3 is 9.80 Å². The number of nitrogens with zero attached hydrogens (tertiary/aromatic N) is 2. The number of piperidine rings is 1. The van der Waals surface area contributed by atoms with Crippen LogP contribution >= 0.6 is 0 Å². The van der Waals surface area contributed by atoms with Gasteiger partial charge >= 0.3 is 0 Å². The summed E-state index contributed by atoms with van der Waals surface area (Å²) in [6.45, 7) is 10.1. The Bertz CT molecular complexity index is 950. The highest BCUT2D eigenvalue weighted by molar-refractivity contribution is 5.97. The summed E-state index contributed by atoms with van der Waals surface area (Å²) in [5.41, 5.74) is 4.98. The number of likely N-dealkylation sites (tertiary alicyclic amines) is 1. The van der Waals surface area contributed by atoms with E-state index in [-0.39, 0.29) is 17.9 Å². The van der Waals surface area contributed by atoms with Gasteiger partial charge in [0.1, 0.15) is 0 Å². The molecule has 2 aromatic rings. The third-order valence-electron chi connectivity index (χ3n) is 7.03. The lowest BCUT2D eigenvalue weighted by Gasteiger charge is -2.43. The Morgan fingerprint density at radius 2 is 1.53 bits per heavy atom. The summed E-state index contributed by atoms with van der Waals surface area (Å²) in [5, 5.41) is 0. The molecule has 4 heteroatoms. The van der Waals surface area contributed by atoms with Crippen LogP contribution in [0.25, 0.3) is 0 Å². The van der Waals surface area contributed by atoms with E-state index >= 15 is 0 Å². The zero-order chi connectivity index (χ0) is 21.5. The Morgan fingerprint density at radius 1 is 0.933 bits per heavy atom. The molecule has 1 spiro atoms. The van der Waals surface area contributed by atoms with E-state index in [0.29, 0.717) is 19.6 Å². The van der Waals surface area contributed by atoms with Crippen LogP contribution in [-0.4, -0.2) is 40.7 Å². The van der Waals surface area contributed by atoms with Crippen LogP contribution in [0.1, 0.15) is 59.3 Å². The van der Waals surface area contributed by atoms with Crippen LogP contribution in [0.2, 0.25) is 0 Å². The number of carbonyl (C=O) groups excluding carboxylic acids is 2. The van der Waals surface area contributed by atoms with Gasteiger partial charge in [0.15, 0.2) is 0 Å². The van der Waals surface area contributed by atoms with Gasteiger partial charge in [0, 0.05) is 31.2 Å². The topological polar surface area (TPSA) is 40.6 Å². The lowest BCUT2D eigenvalue weighted by Crippen LogP contribution is -2.52. The van der Waals surface area contributed by atoms with E-state index in [1.807, 2.05) is 41.8 Å². The molecule has 2 aliphatic heterocycles. The second kappa shape index (κ2) is 7.90. The van der Waals surface area contributed by atoms with E-state index in [1.165, 1.54) is 11.1 Å². The molecule has 0 bridgehead atoms. The molecular weight excluding hydrogens is 372 g/mol. The number of benzene rings is 2. The highest BCUT2D eigenvalue weighted by Crippen LogP contribution is 2.41. The normalized spacial score (nSPS) is 18.5. The highest BCUT2D eigenvalue weighted by Gasteiger charge is 2.46. The molecule has 1 fully saturated rings. The summed E-state index contributed by atoms with van der Waals surface area (Å²) in [4.78, 5) is 31.0. The predicted octanol–water partition coefficient (Wildman–Crippen LogP) is 4.52. The van der Waals surface area contributed by atoms with Crippen molar-refractivity contribution in [3.05, 3.63) is 70.3 Å². The third kappa shape index (κ3) is 3.53. The molecule has 0 atom stereocenters. The van der Waals surface area contributed by atoms with Crippen LogP contribution in [0.15, 0.2) is 42.5 Å². The SMILES string of the molecule is Cc1cccc(C)c1C(=O)N1CCC2(CC1)Cc1ccccc1CN(C(C)C)C2=O. The number of rotatable bonds is 2. The van der Waals surface area contributed by atoms with Crippen molar-refractivity contribution >= 4 is 11.8 Å². The van der Waals surface area contributed by atoms with Crippen molar-refractivity contribution in [1.82, 2.24) is 9.80 Å². The zero-order valence-corrected chi connectivity index (χ0v) is 18.6. The van der Waals surface area contributed by atoms with E-state index < -0.39 is 5.41 Å². The van der Waals surface area contributed by atoms with Crippen LogP contribution in [0.3, 0.4) is 0 Å². The molecule has 0 N–H and O–H groups in total. The van der Waals surface area contributed by atoms with E-state index in [0.717, 1.165) is 36.0 Å². The number of carbonyl (C=O) groups is 2. The van der Waals surface area contributed by atoms with E-state index in [9.17, 15) is 9.59 Å². The lowest BCUT2D eigenvalue weighted by atomic mass is 9.72. The number of aryl methyl sites for hydroxylation is 2. The van der Waals surface area contributed by atoms with Gasteiger partial charge in [-0.15, -0.1) is 0 Å². The standard InChI is InChI=1S/C26H32N2O2/c1-18(2)28-17-22-11-6-5-10-21(22)16-26(25(28)30)12-14-27(15-13-26)24(29)23-19(3)8-7-9-20(23)4/h5-11,18H,12-17H2,1-4H3. The van der Waals surface area contributed by atoms with Crippen molar-refractivity contribution in [3.63, 3.8) is 0 Å². The molecule has 2 aromatic carbocycles. The van der Waals surface area contributed by atoms with Crippen LogP contribution in [0, 0.1) is 19.3 Å². The number of hydrogen-bond acceptors (Lipinski definition) is 2. The Morgan fingerprint density at radius 3 is 2.13 bits per heavy atom. The van der Waals surface area contributed by atoms with E-state index in [1.54, 1.807) is 0 Å². The van der Waals surface area contributed by atoms with Crippen molar-refractivity contribution in [2.45, 2.75) is 59.5 Å². The molecular formula is C26H32N2O2. The second-order valence-electron chi connectivity index (χ2n) is 9.31. The molecule has 30 heavy (non-hydrogen) atoms. The summed E-state index contributed by atoms with van der Waals surface area (Å²) >= 11 is 0. The van der Waals surface area contributed by atoms with Gasteiger partial charge in [0.2, 0.25) is 5.91 Å². The molecule has 0 aromatic heterocycles. The number of fused-ring (bicyclic) bond motifs is 1. The minimum Gasteiger partial charge on any atom is -0.339 e. The maximum Gasteiger partial charge on any atom is 0.254 e. The number of amides is 2. The van der Waals surface area contributed by atoms with Crippen molar-refractivity contribution < 1.29 is 9.59 Å². The molecule has 0 aliphatic carbocycles. The van der Waals surface area contributed by atoms with E-state index in [4.69, 9.17) is 0 Å². The van der Waals surface area contributed by atoms with Crippen molar-refractivity contribution in [1.29, 1.82) is 0 Å². The first kappa shape index (κ1) is 20.6. The van der Waals surface area contributed by atoms with Crippen molar-refractivity contribution in [2.75, 3.05) is 13.1 Å². The molecule has 4 rings (SSSR count). The summed E-state index contributed by atoms with van der Waals surface area (Å²) in [7, 11) is 0. The summed E-state index contributed by atoms with van der Waals surface area (Å²) in [5.74, 6) is 0.357. The van der Waals surface area contributed by atoms with Crippen molar-refractivity contribution in [2.24, 2.45) is 5.41 Å². The molecule has 0 saturated carbocycles. The zero-order valence-electron chi connectivity index (χ0n) is 18.6. The molecule has 0 radical (unpaired) electrons. The van der Waals surface area contributed by atoms with E-state index in [2.05, 4.69) is 38.1 Å². The van der Waals surface area contributed by atoms with Gasteiger partial charge in [-0.2, -0.15) is 0 Å². The van der Waals surface area contributed by atoms with Gasteiger partial charge in [0.25, 0.3) is 5.91 Å². The molecule has 2 amide bonds. The maximum absolute atomic E-state index is 13.7. The molecule has 4 nitrogen and oxygen atoms in total. The largest absolute Gasteiger partial charge is 0.339 e. The highest BCUT2D eigenvalue weighted by atomic mass is 16.2. The maximum atomic E-state index is 13.7. The molecule has 158 valence electrons. The summed E-state index contributed by atoms with van der Waals surface area (Å²) in [6, 6.07) is 14.6. The number of hydrogen-bond donors (Lipinski definition) is 0. The molecule has 1 saturated heterocycles. The second-order valence-corrected chi connectivity index (χ2v) is 9.31. The first-order valence-electron chi connectivity index (χ1n) is 11.1. The van der Waals surface area contributed by atoms with Crippen LogP contribution in [0.4, 0.5) is 0 Å². The van der Waals surface area contributed by atoms with Gasteiger partial charge in [0.05, 0.1) is 5.41 Å². The predicted molar refractivity (Wildman–Crippen MR) is 119 cm³/mol. The smallest absolute Gasteiger partial charge is 0.254 e.